The molecule has 0 radical (unpaired) electrons. The molecule has 0 fully saturated rings. The van der Waals surface area contributed by atoms with Gasteiger partial charge in [0.15, 0.2) is 0 Å². The molecule has 6 heteroatoms. The van der Waals surface area contributed by atoms with E-state index in [0.29, 0.717) is 5.75 Å². The van der Waals surface area contributed by atoms with Crippen LogP contribution >= 0.6 is 11.8 Å². The van der Waals surface area contributed by atoms with E-state index < -0.39 is 15.6 Å². The first kappa shape index (κ1) is 16.5. The van der Waals surface area contributed by atoms with Crippen LogP contribution in [0.5, 0.6) is 0 Å². The first-order chi connectivity index (χ1) is 8.80. The molecule has 1 rings (SSSR count). The van der Waals surface area contributed by atoms with E-state index in [1.165, 1.54) is 11.8 Å². The van der Waals surface area contributed by atoms with Crippen molar-refractivity contribution in [3.8, 4) is 0 Å². The van der Waals surface area contributed by atoms with E-state index >= 15 is 0 Å². The molecule has 0 amide bonds. The third kappa shape index (κ3) is 5.14. The Hall–Kier alpha value is -0.560. The Bertz CT molecular complexity index is 495. The number of hydrogen-bond donors (Lipinski definition) is 2. The van der Waals surface area contributed by atoms with Gasteiger partial charge in [0.05, 0.1) is 10.5 Å². The van der Waals surface area contributed by atoms with E-state index in [2.05, 4.69) is 4.72 Å². The molecule has 0 saturated heterocycles. The van der Waals surface area contributed by atoms with Crippen molar-refractivity contribution >= 4 is 21.8 Å². The molecule has 0 saturated carbocycles. The second-order valence-electron chi connectivity index (χ2n) is 4.75. The van der Waals surface area contributed by atoms with Gasteiger partial charge in [-0.2, -0.15) is 11.8 Å². The van der Waals surface area contributed by atoms with Gasteiger partial charge in [-0.1, -0.05) is 19.1 Å². The zero-order valence-corrected chi connectivity index (χ0v) is 13.1. The van der Waals surface area contributed by atoms with Crippen molar-refractivity contribution in [2.45, 2.75) is 30.8 Å². The smallest absolute Gasteiger partial charge is 0.240 e. The Balaban J connectivity index is 2.75. The Kier molecular flexibility index (Phi) is 5.85. The van der Waals surface area contributed by atoms with Crippen molar-refractivity contribution in [2.24, 2.45) is 0 Å². The molecule has 0 aromatic heterocycles. The molecule has 0 aliphatic rings. The Labute approximate surface area is 119 Å². The molecule has 108 valence electrons. The van der Waals surface area contributed by atoms with Crippen LogP contribution in [0.25, 0.3) is 0 Å². The van der Waals surface area contributed by atoms with Crippen LogP contribution in [-0.4, -0.2) is 37.7 Å². The highest BCUT2D eigenvalue weighted by molar-refractivity contribution is 7.98. The third-order valence-electron chi connectivity index (χ3n) is 2.74. The van der Waals surface area contributed by atoms with Crippen LogP contribution in [0.1, 0.15) is 19.4 Å². The lowest BCUT2D eigenvalue weighted by atomic mass is 10.1. The molecular weight excluding hydrogens is 282 g/mol. The lowest BCUT2D eigenvalue weighted by Gasteiger charge is -2.22. The lowest BCUT2D eigenvalue weighted by Crippen LogP contribution is -2.42. The van der Waals surface area contributed by atoms with Crippen LogP contribution in [0.3, 0.4) is 0 Å². The number of rotatable bonds is 7. The number of hydrogen-bond acceptors (Lipinski definition) is 4. The van der Waals surface area contributed by atoms with E-state index in [0.717, 1.165) is 12.0 Å². The van der Waals surface area contributed by atoms with Crippen LogP contribution in [0.2, 0.25) is 0 Å². The number of sulfonamides is 1. The van der Waals surface area contributed by atoms with E-state index in [4.69, 9.17) is 0 Å². The zero-order chi connectivity index (χ0) is 14.5. The fourth-order valence-corrected chi connectivity index (χ4v) is 3.49. The highest BCUT2D eigenvalue weighted by Crippen LogP contribution is 2.13. The maximum Gasteiger partial charge on any atom is 0.240 e. The van der Waals surface area contributed by atoms with Crippen LogP contribution in [-0.2, 0) is 16.4 Å². The molecule has 1 atom stereocenters. The summed E-state index contributed by atoms with van der Waals surface area (Å²) in [6, 6.07) is 6.78. The number of thioether (sulfide) groups is 1. The van der Waals surface area contributed by atoms with Crippen molar-refractivity contribution in [1.29, 1.82) is 0 Å². The Morgan fingerprint density at radius 1 is 1.32 bits per heavy atom. The predicted octanol–water partition coefficient (Wildman–Crippen LogP) is 1.64. The summed E-state index contributed by atoms with van der Waals surface area (Å²) < 4.78 is 26.6. The van der Waals surface area contributed by atoms with Gasteiger partial charge in [0.1, 0.15) is 0 Å². The molecule has 0 aliphatic heterocycles. The van der Waals surface area contributed by atoms with E-state index in [9.17, 15) is 13.5 Å². The van der Waals surface area contributed by atoms with E-state index in [-0.39, 0.29) is 11.4 Å². The van der Waals surface area contributed by atoms with Crippen LogP contribution in [0.4, 0.5) is 0 Å². The summed E-state index contributed by atoms with van der Waals surface area (Å²) in [5.74, 6) is 0.476. The number of benzene rings is 1. The van der Waals surface area contributed by atoms with Crippen molar-refractivity contribution in [3.63, 3.8) is 0 Å². The van der Waals surface area contributed by atoms with Crippen molar-refractivity contribution < 1.29 is 13.5 Å². The minimum absolute atomic E-state index is 0.00566. The summed E-state index contributed by atoms with van der Waals surface area (Å²) in [7, 11) is -3.56. The monoisotopic (exact) mass is 303 g/mol. The van der Waals surface area contributed by atoms with Crippen molar-refractivity contribution in [1.82, 2.24) is 4.72 Å². The van der Waals surface area contributed by atoms with Crippen molar-refractivity contribution in [2.75, 3.05) is 18.6 Å². The van der Waals surface area contributed by atoms with E-state index in [1.54, 1.807) is 31.2 Å². The standard InChI is InChI=1S/C13H21NO3S2/c1-4-11-5-7-12(8-6-11)19(16,17)14-9-13(2,15)10-18-3/h5-8,14-15H,4,9-10H2,1-3H3. The SMILES string of the molecule is CCc1ccc(S(=O)(=O)NCC(C)(O)CSC)cc1. The Morgan fingerprint density at radius 3 is 2.37 bits per heavy atom. The van der Waals surface area contributed by atoms with Crippen LogP contribution in [0, 0.1) is 0 Å². The summed E-state index contributed by atoms with van der Waals surface area (Å²) in [5.41, 5.74) is 0.0453. The molecule has 0 aliphatic carbocycles. The van der Waals surface area contributed by atoms with Crippen LogP contribution < -0.4 is 4.72 Å². The molecule has 1 aromatic rings. The third-order valence-corrected chi connectivity index (χ3v) is 5.07. The molecule has 0 spiro atoms. The fourth-order valence-electron chi connectivity index (χ4n) is 1.60. The molecule has 19 heavy (non-hydrogen) atoms. The normalized spacial score (nSPS) is 15.2. The largest absolute Gasteiger partial charge is 0.388 e. The van der Waals surface area contributed by atoms with Gasteiger partial charge in [-0.15, -0.1) is 0 Å². The van der Waals surface area contributed by atoms with Gasteiger partial charge >= 0.3 is 0 Å². The van der Waals surface area contributed by atoms with Gasteiger partial charge < -0.3 is 5.11 Å². The van der Waals surface area contributed by atoms with Gasteiger partial charge in [0.2, 0.25) is 10.0 Å². The van der Waals surface area contributed by atoms with Gasteiger partial charge in [-0.25, -0.2) is 13.1 Å². The van der Waals surface area contributed by atoms with Crippen LogP contribution in [0.15, 0.2) is 29.2 Å². The van der Waals surface area contributed by atoms with E-state index in [1.807, 2.05) is 13.2 Å². The van der Waals surface area contributed by atoms with Gasteiger partial charge in [-0.3, -0.25) is 0 Å². The van der Waals surface area contributed by atoms with Crippen molar-refractivity contribution in [3.05, 3.63) is 29.8 Å². The minimum atomic E-state index is -3.56. The lowest BCUT2D eigenvalue weighted by molar-refractivity contribution is 0.0908. The quantitative estimate of drug-likeness (QED) is 0.803. The molecule has 4 nitrogen and oxygen atoms in total. The maximum absolute atomic E-state index is 12.1. The topological polar surface area (TPSA) is 66.4 Å². The molecular formula is C13H21NO3S2. The first-order valence-corrected chi connectivity index (χ1v) is 8.98. The average Bonchev–Trinajstić information content (AvgIpc) is 2.37. The van der Waals surface area contributed by atoms with Gasteiger partial charge in [0, 0.05) is 12.3 Å². The highest BCUT2D eigenvalue weighted by atomic mass is 32.2. The highest BCUT2D eigenvalue weighted by Gasteiger charge is 2.23. The summed E-state index contributed by atoms with van der Waals surface area (Å²) in [6.45, 7) is 3.64. The summed E-state index contributed by atoms with van der Waals surface area (Å²) in [6.07, 6.45) is 2.74. The Morgan fingerprint density at radius 2 is 1.89 bits per heavy atom. The summed E-state index contributed by atoms with van der Waals surface area (Å²) in [5, 5.41) is 9.96. The molecule has 1 aromatic carbocycles. The molecule has 1 unspecified atom stereocenters. The first-order valence-electron chi connectivity index (χ1n) is 6.10. The maximum atomic E-state index is 12.1. The number of aliphatic hydroxyl groups is 1. The van der Waals surface area contributed by atoms with Gasteiger partial charge in [-0.05, 0) is 37.3 Å². The fraction of sp³-hybridized carbons (Fsp3) is 0.538. The second-order valence-corrected chi connectivity index (χ2v) is 7.38. The average molecular weight is 303 g/mol. The van der Waals surface area contributed by atoms with Gasteiger partial charge in [0.25, 0.3) is 0 Å². The predicted molar refractivity (Wildman–Crippen MR) is 80.0 cm³/mol. The minimum Gasteiger partial charge on any atom is -0.388 e. The number of nitrogens with one attached hydrogen (secondary N) is 1. The molecule has 0 bridgehead atoms. The molecule has 2 N–H and O–H groups in total. The number of aryl methyl sites for hydroxylation is 1. The molecule has 0 heterocycles. The zero-order valence-electron chi connectivity index (χ0n) is 11.5. The summed E-state index contributed by atoms with van der Waals surface area (Å²) in [4.78, 5) is 0.227. The summed E-state index contributed by atoms with van der Waals surface area (Å²) >= 11 is 1.48. The second kappa shape index (κ2) is 6.74.